The molecule has 0 saturated heterocycles. The summed E-state index contributed by atoms with van der Waals surface area (Å²) in [6, 6.07) is 0. The summed E-state index contributed by atoms with van der Waals surface area (Å²) in [6.45, 7) is 7.64. The van der Waals surface area contributed by atoms with E-state index in [1.54, 1.807) is 0 Å². The van der Waals surface area contributed by atoms with Gasteiger partial charge in [0.05, 0.1) is 0 Å². The number of rotatable bonds is 25. The van der Waals surface area contributed by atoms with Gasteiger partial charge in [-0.1, -0.05) is 162 Å². The number of unbranched alkanes of at least 4 members (excludes halogenated alkanes) is 21. The van der Waals surface area contributed by atoms with E-state index < -0.39 is 0 Å². The Kier molecular flexibility index (Phi) is 35.3. The Balaban J connectivity index is 0. The lowest BCUT2D eigenvalue weighted by Gasteiger charge is -2.04. The van der Waals surface area contributed by atoms with Crippen LogP contribution < -0.4 is 0 Å². The van der Waals surface area contributed by atoms with Crippen molar-refractivity contribution in [3.63, 3.8) is 0 Å². The minimum absolute atomic E-state index is 0.371. The fourth-order valence-corrected chi connectivity index (χ4v) is 4.21. The summed E-state index contributed by atoms with van der Waals surface area (Å²) in [6.07, 6.45) is 32.6. The van der Waals surface area contributed by atoms with E-state index in [4.69, 9.17) is 10.2 Å². The van der Waals surface area contributed by atoms with Gasteiger partial charge in [0.15, 0.2) is 0 Å². The van der Waals surface area contributed by atoms with Crippen molar-refractivity contribution in [1.82, 2.24) is 0 Å². The molecular weight excluding hydrogens is 392 g/mol. The summed E-state index contributed by atoms with van der Waals surface area (Å²) in [5.74, 6) is 0.881. The molecule has 196 valence electrons. The molecule has 0 unspecified atom stereocenters. The minimum Gasteiger partial charge on any atom is -0.396 e. The molecule has 0 atom stereocenters. The van der Waals surface area contributed by atoms with E-state index in [-0.39, 0.29) is 0 Å². The third-order valence-corrected chi connectivity index (χ3v) is 6.45. The molecule has 0 saturated carbocycles. The van der Waals surface area contributed by atoms with Gasteiger partial charge >= 0.3 is 0 Å². The fourth-order valence-electron chi connectivity index (χ4n) is 4.21. The molecule has 0 radical (unpaired) electrons. The Morgan fingerprint density at radius 2 is 0.625 bits per heavy atom. The molecular formula is C30H64O2. The van der Waals surface area contributed by atoms with Crippen molar-refractivity contribution in [2.24, 2.45) is 5.92 Å². The van der Waals surface area contributed by atoms with Gasteiger partial charge in [-0.2, -0.15) is 0 Å². The van der Waals surface area contributed by atoms with Crippen LogP contribution in [0, 0.1) is 5.92 Å². The second-order valence-electron chi connectivity index (χ2n) is 10.4. The zero-order valence-electron chi connectivity index (χ0n) is 22.9. The average Bonchev–Trinajstić information content (AvgIpc) is 2.78. The third kappa shape index (κ3) is 37.2. The molecule has 0 fully saturated rings. The lowest BCUT2D eigenvalue weighted by Crippen LogP contribution is -1.87. The van der Waals surface area contributed by atoms with E-state index in [1.165, 1.54) is 141 Å². The maximum absolute atomic E-state index is 8.63. The molecule has 0 amide bonds. The predicted molar refractivity (Wildman–Crippen MR) is 145 cm³/mol. The summed E-state index contributed by atoms with van der Waals surface area (Å²) in [7, 11) is 0. The third-order valence-electron chi connectivity index (χ3n) is 6.45. The van der Waals surface area contributed by atoms with Crippen LogP contribution >= 0.6 is 0 Å². The second kappa shape index (κ2) is 33.1. The van der Waals surface area contributed by atoms with Crippen LogP contribution in [-0.4, -0.2) is 23.4 Å². The van der Waals surface area contributed by atoms with Crippen LogP contribution in [0.3, 0.4) is 0 Å². The molecule has 2 N–H and O–H groups in total. The first-order chi connectivity index (χ1) is 15.7. The maximum atomic E-state index is 8.63. The van der Waals surface area contributed by atoms with Crippen LogP contribution in [0.4, 0.5) is 0 Å². The first-order valence-electron chi connectivity index (χ1n) is 14.9. The normalized spacial score (nSPS) is 11.1. The summed E-state index contributed by atoms with van der Waals surface area (Å²) in [5, 5.41) is 17.3. The van der Waals surface area contributed by atoms with Crippen LogP contribution in [0.5, 0.6) is 0 Å². The molecule has 0 heterocycles. The largest absolute Gasteiger partial charge is 0.396 e. The van der Waals surface area contributed by atoms with Crippen molar-refractivity contribution in [1.29, 1.82) is 0 Å². The van der Waals surface area contributed by atoms with Gasteiger partial charge < -0.3 is 10.2 Å². The molecule has 0 rings (SSSR count). The first kappa shape index (κ1) is 34.1. The molecule has 0 bridgehead atoms. The van der Waals surface area contributed by atoms with Crippen LogP contribution in [0.25, 0.3) is 0 Å². The van der Waals surface area contributed by atoms with Gasteiger partial charge in [0.25, 0.3) is 0 Å². The van der Waals surface area contributed by atoms with Crippen LogP contribution in [-0.2, 0) is 0 Å². The smallest absolute Gasteiger partial charge is 0.0431 e. The Labute approximate surface area is 204 Å². The van der Waals surface area contributed by atoms with E-state index in [1.807, 2.05) is 0 Å². The van der Waals surface area contributed by atoms with E-state index in [9.17, 15) is 0 Å². The van der Waals surface area contributed by atoms with Gasteiger partial charge in [-0.05, 0) is 18.8 Å². The first-order valence-corrected chi connectivity index (χ1v) is 14.9. The van der Waals surface area contributed by atoms with Gasteiger partial charge in [0.1, 0.15) is 0 Å². The highest BCUT2D eigenvalue weighted by atomic mass is 16.3. The molecule has 32 heavy (non-hydrogen) atoms. The van der Waals surface area contributed by atoms with Gasteiger partial charge in [0.2, 0.25) is 0 Å². The summed E-state index contributed by atoms with van der Waals surface area (Å²) < 4.78 is 0. The fraction of sp³-hybridized carbons (Fsp3) is 1.00. The topological polar surface area (TPSA) is 40.5 Å². The highest BCUT2D eigenvalue weighted by Crippen LogP contribution is 2.14. The zero-order chi connectivity index (χ0) is 24.0. The highest BCUT2D eigenvalue weighted by molar-refractivity contribution is 4.50. The van der Waals surface area contributed by atoms with E-state index >= 15 is 0 Å². The Morgan fingerprint density at radius 1 is 0.375 bits per heavy atom. The van der Waals surface area contributed by atoms with E-state index in [0.29, 0.717) is 13.2 Å². The lowest BCUT2D eigenvalue weighted by molar-refractivity contribution is 0.282. The van der Waals surface area contributed by atoms with Crippen molar-refractivity contribution in [3.8, 4) is 0 Å². The molecule has 0 aliphatic heterocycles. The molecule has 2 heteroatoms. The van der Waals surface area contributed by atoms with Gasteiger partial charge in [-0.3, -0.25) is 0 Å². The number of hydrogen-bond acceptors (Lipinski definition) is 2. The molecule has 0 aromatic rings. The quantitative estimate of drug-likeness (QED) is 0.134. The van der Waals surface area contributed by atoms with E-state index in [2.05, 4.69) is 20.8 Å². The summed E-state index contributed by atoms with van der Waals surface area (Å²) >= 11 is 0. The lowest BCUT2D eigenvalue weighted by atomic mass is 10.0. The van der Waals surface area contributed by atoms with Gasteiger partial charge in [0, 0.05) is 13.2 Å². The van der Waals surface area contributed by atoms with Crippen molar-refractivity contribution >= 4 is 0 Å². The summed E-state index contributed by atoms with van der Waals surface area (Å²) in [4.78, 5) is 0. The minimum atomic E-state index is 0.371. The standard InChI is InChI=1S/2C15H32O/c1-15(2)13-11-9-7-5-3-4-6-8-10-12-14-16;1-2-3-4-5-6-7-8-9-10-11-12-13-14-15-16/h15-16H,3-14H2,1-2H3;16H,2-15H2,1H3. The van der Waals surface area contributed by atoms with E-state index in [0.717, 1.165) is 18.8 Å². The van der Waals surface area contributed by atoms with Crippen LogP contribution in [0.2, 0.25) is 0 Å². The zero-order valence-corrected chi connectivity index (χ0v) is 22.9. The SMILES string of the molecule is CC(C)CCCCCCCCCCCCO.CCCCCCCCCCCCCCCO. The summed E-state index contributed by atoms with van der Waals surface area (Å²) in [5.41, 5.74) is 0. The van der Waals surface area contributed by atoms with Gasteiger partial charge in [-0.15, -0.1) is 0 Å². The monoisotopic (exact) mass is 456 g/mol. The Hall–Kier alpha value is -0.0800. The average molecular weight is 457 g/mol. The van der Waals surface area contributed by atoms with Crippen molar-refractivity contribution in [2.75, 3.05) is 13.2 Å². The second-order valence-corrected chi connectivity index (χ2v) is 10.4. The Bertz CT molecular complexity index is 277. The predicted octanol–water partition coefficient (Wildman–Crippen LogP) is 10.00. The molecule has 0 aliphatic rings. The van der Waals surface area contributed by atoms with Crippen LogP contribution in [0.1, 0.15) is 175 Å². The number of aliphatic hydroxyl groups is 2. The van der Waals surface area contributed by atoms with Gasteiger partial charge in [-0.25, -0.2) is 0 Å². The molecule has 0 aromatic heterocycles. The van der Waals surface area contributed by atoms with Crippen molar-refractivity contribution < 1.29 is 10.2 Å². The maximum Gasteiger partial charge on any atom is 0.0431 e. The molecule has 2 nitrogen and oxygen atoms in total. The van der Waals surface area contributed by atoms with Crippen LogP contribution in [0.15, 0.2) is 0 Å². The van der Waals surface area contributed by atoms with Crippen molar-refractivity contribution in [3.05, 3.63) is 0 Å². The molecule has 0 aliphatic carbocycles. The number of aliphatic hydroxyl groups excluding tert-OH is 2. The molecule has 0 aromatic carbocycles. The molecule has 0 spiro atoms. The highest BCUT2D eigenvalue weighted by Gasteiger charge is 1.95. The number of hydrogen-bond donors (Lipinski definition) is 2. The Morgan fingerprint density at radius 3 is 0.875 bits per heavy atom. The van der Waals surface area contributed by atoms with Crippen molar-refractivity contribution in [2.45, 2.75) is 175 Å².